The second-order valence-electron chi connectivity index (χ2n) is 4.48. The molecule has 18 heavy (non-hydrogen) atoms. The Morgan fingerprint density at radius 3 is 2.83 bits per heavy atom. The van der Waals surface area contributed by atoms with E-state index in [1.807, 2.05) is 0 Å². The number of nitrogens with zero attached hydrogens (tertiary/aromatic N) is 1. The quantitative estimate of drug-likeness (QED) is 0.601. The van der Waals surface area contributed by atoms with Crippen molar-refractivity contribution in [1.29, 1.82) is 0 Å². The maximum atomic E-state index is 11.8. The zero-order valence-electron chi connectivity index (χ0n) is 10.3. The van der Waals surface area contributed by atoms with Crippen molar-refractivity contribution >= 4 is 12.0 Å². The van der Waals surface area contributed by atoms with Crippen molar-refractivity contribution in [3.8, 4) is 0 Å². The summed E-state index contributed by atoms with van der Waals surface area (Å²) in [6.45, 7) is 4.77. The van der Waals surface area contributed by atoms with Crippen LogP contribution in [0.3, 0.4) is 0 Å². The van der Waals surface area contributed by atoms with Crippen LogP contribution < -0.4 is 5.32 Å². The minimum absolute atomic E-state index is 0.119. The number of carboxylic acids is 1. The standard InChI is InChI=1S/C12H20N2O4/c1-2-3-10(11(16)17)13-12(18)14-6-4-9(8-14)5-7-15/h2,9-10,15H,1,3-8H2,(H,13,18)(H,16,17). The molecule has 0 bridgehead atoms. The molecule has 1 rings (SSSR count). The lowest BCUT2D eigenvalue weighted by molar-refractivity contribution is -0.139. The van der Waals surface area contributed by atoms with Gasteiger partial charge in [-0.25, -0.2) is 9.59 Å². The van der Waals surface area contributed by atoms with Crippen LogP contribution in [0.1, 0.15) is 19.3 Å². The van der Waals surface area contributed by atoms with Crippen molar-refractivity contribution in [2.45, 2.75) is 25.3 Å². The van der Waals surface area contributed by atoms with Crippen LogP contribution in [-0.4, -0.2) is 52.9 Å². The van der Waals surface area contributed by atoms with E-state index in [-0.39, 0.29) is 19.1 Å². The molecule has 2 amide bonds. The van der Waals surface area contributed by atoms with E-state index in [9.17, 15) is 9.59 Å². The van der Waals surface area contributed by atoms with E-state index in [1.165, 1.54) is 6.08 Å². The molecule has 6 heteroatoms. The van der Waals surface area contributed by atoms with Crippen molar-refractivity contribution in [1.82, 2.24) is 10.2 Å². The molecule has 1 aliphatic heterocycles. The third kappa shape index (κ3) is 4.03. The van der Waals surface area contributed by atoms with Crippen molar-refractivity contribution in [2.75, 3.05) is 19.7 Å². The minimum atomic E-state index is -1.06. The SMILES string of the molecule is C=CCC(NC(=O)N1CCC(CCO)C1)C(=O)O. The van der Waals surface area contributed by atoms with Crippen molar-refractivity contribution in [3.63, 3.8) is 0 Å². The predicted molar refractivity (Wildman–Crippen MR) is 66.2 cm³/mol. The van der Waals surface area contributed by atoms with Gasteiger partial charge in [0.1, 0.15) is 6.04 Å². The fourth-order valence-electron chi connectivity index (χ4n) is 2.06. The second kappa shape index (κ2) is 7.00. The summed E-state index contributed by atoms with van der Waals surface area (Å²) >= 11 is 0. The predicted octanol–water partition coefficient (Wildman–Crippen LogP) is 0.430. The molecule has 0 aromatic heterocycles. The lowest BCUT2D eigenvalue weighted by Crippen LogP contribution is -2.47. The molecule has 0 radical (unpaired) electrons. The third-order valence-corrected chi connectivity index (χ3v) is 3.11. The van der Waals surface area contributed by atoms with Gasteiger partial charge in [-0.05, 0) is 25.2 Å². The first kappa shape index (κ1) is 14.5. The summed E-state index contributed by atoms with van der Waals surface area (Å²) in [5, 5.41) is 20.2. The molecule has 0 aromatic carbocycles. The highest BCUT2D eigenvalue weighted by molar-refractivity contribution is 5.82. The van der Waals surface area contributed by atoms with Crippen molar-refractivity contribution in [3.05, 3.63) is 12.7 Å². The maximum absolute atomic E-state index is 11.8. The van der Waals surface area contributed by atoms with E-state index in [1.54, 1.807) is 4.90 Å². The number of hydrogen-bond donors (Lipinski definition) is 3. The lowest BCUT2D eigenvalue weighted by Gasteiger charge is -2.20. The molecule has 102 valence electrons. The number of carboxylic acid groups (broad SMARTS) is 1. The summed E-state index contributed by atoms with van der Waals surface area (Å²) in [6.07, 6.45) is 3.21. The number of rotatable bonds is 6. The van der Waals surface area contributed by atoms with E-state index in [2.05, 4.69) is 11.9 Å². The van der Waals surface area contributed by atoms with Crippen LogP contribution in [0.2, 0.25) is 0 Å². The first-order valence-corrected chi connectivity index (χ1v) is 6.08. The Bertz CT molecular complexity index is 319. The lowest BCUT2D eigenvalue weighted by atomic mass is 10.1. The Balaban J connectivity index is 2.45. The molecule has 1 fully saturated rings. The van der Waals surface area contributed by atoms with Crippen molar-refractivity contribution < 1.29 is 19.8 Å². The summed E-state index contributed by atoms with van der Waals surface area (Å²) in [5.74, 6) is -0.752. The van der Waals surface area contributed by atoms with Crippen LogP contribution in [0.25, 0.3) is 0 Å². The van der Waals surface area contributed by atoms with Crippen LogP contribution in [0, 0.1) is 5.92 Å². The highest BCUT2D eigenvalue weighted by atomic mass is 16.4. The van der Waals surface area contributed by atoms with Gasteiger partial charge in [-0.15, -0.1) is 6.58 Å². The third-order valence-electron chi connectivity index (χ3n) is 3.11. The fourth-order valence-corrected chi connectivity index (χ4v) is 2.06. The number of aliphatic hydroxyl groups excluding tert-OH is 1. The number of aliphatic carboxylic acids is 1. The molecule has 2 unspecified atom stereocenters. The van der Waals surface area contributed by atoms with Gasteiger partial charge in [0.15, 0.2) is 0 Å². The van der Waals surface area contributed by atoms with Crippen LogP contribution in [-0.2, 0) is 4.79 Å². The Kier molecular flexibility index (Phi) is 5.64. The smallest absolute Gasteiger partial charge is 0.326 e. The number of amides is 2. The molecular weight excluding hydrogens is 236 g/mol. The van der Waals surface area contributed by atoms with Gasteiger partial charge >= 0.3 is 12.0 Å². The second-order valence-corrected chi connectivity index (χ2v) is 4.48. The molecule has 1 heterocycles. The molecule has 0 aliphatic carbocycles. The van der Waals surface area contributed by atoms with Gasteiger partial charge in [0.2, 0.25) is 0 Å². The zero-order chi connectivity index (χ0) is 13.5. The highest BCUT2D eigenvalue weighted by Gasteiger charge is 2.28. The molecule has 1 aliphatic rings. The number of aliphatic hydroxyl groups is 1. The Morgan fingerprint density at radius 1 is 1.56 bits per heavy atom. The van der Waals surface area contributed by atoms with E-state index >= 15 is 0 Å². The molecular formula is C12H20N2O4. The van der Waals surface area contributed by atoms with Gasteiger partial charge in [-0.2, -0.15) is 0 Å². The number of carbonyl (C=O) groups excluding carboxylic acids is 1. The molecule has 0 aromatic rings. The summed E-state index contributed by atoms with van der Waals surface area (Å²) in [5.41, 5.74) is 0. The van der Waals surface area contributed by atoms with Gasteiger partial charge in [0.05, 0.1) is 0 Å². The summed E-state index contributed by atoms with van der Waals surface area (Å²) in [6, 6.07) is -1.28. The first-order chi connectivity index (χ1) is 8.58. The molecule has 6 nitrogen and oxygen atoms in total. The average Bonchev–Trinajstić information content (AvgIpc) is 2.77. The Labute approximate surface area is 106 Å². The van der Waals surface area contributed by atoms with Gasteiger partial charge < -0.3 is 20.4 Å². The first-order valence-electron chi connectivity index (χ1n) is 6.08. The van der Waals surface area contributed by atoms with Gasteiger partial charge in [0, 0.05) is 19.7 Å². The van der Waals surface area contributed by atoms with Crippen LogP contribution >= 0.6 is 0 Å². The van der Waals surface area contributed by atoms with Gasteiger partial charge in [-0.3, -0.25) is 0 Å². The Morgan fingerprint density at radius 2 is 2.28 bits per heavy atom. The van der Waals surface area contributed by atoms with Crippen LogP contribution in [0.15, 0.2) is 12.7 Å². The van der Waals surface area contributed by atoms with Gasteiger partial charge in [0.25, 0.3) is 0 Å². The van der Waals surface area contributed by atoms with Gasteiger partial charge in [-0.1, -0.05) is 6.08 Å². The molecule has 0 spiro atoms. The topological polar surface area (TPSA) is 89.9 Å². The van der Waals surface area contributed by atoms with Crippen LogP contribution in [0.4, 0.5) is 4.79 Å². The number of carbonyl (C=O) groups is 2. The molecule has 3 N–H and O–H groups in total. The van der Waals surface area contributed by atoms with E-state index in [0.29, 0.717) is 25.4 Å². The maximum Gasteiger partial charge on any atom is 0.326 e. The zero-order valence-corrected chi connectivity index (χ0v) is 10.3. The fraction of sp³-hybridized carbons (Fsp3) is 0.667. The van der Waals surface area contributed by atoms with E-state index in [4.69, 9.17) is 10.2 Å². The largest absolute Gasteiger partial charge is 0.480 e. The minimum Gasteiger partial charge on any atom is -0.480 e. The van der Waals surface area contributed by atoms with Crippen LogP contribution in [0.5, 0.6) is 0 Å². The van der Waals surface area contributed by atoms with E-state index < -0.39 is 12.0 Å². The van der Waals surface area contributed by atoms with E-state index in [0.717, 1.165) is 6.42 Å². The average molecular weight is 256 g/mol. The monoisotopic (exact) mass is 256 g/mol. The van der Waals surface area contributed by atoms with Crippen molar-refractivity contribution in [2.24, 2.45) is 5.92 Å². The normalized spacial score (nSPS) is 20.5. The summed E-state index contributed by atoms with van der Waals surface area (Å²) < 4.78 is 0. The molecule has 2 atom stereocenters. The number of hydrogen-bond acceptors (Lipinski definition) is 3. The number of nitrogens with one attached hydrogen (secondary N) is 1. The highest BCUT2D eigenvalue weighted by Crippen LogP contribution is 2.19. The summed E-state index contributed by atoms with van der Waals surface area (Å²) in [7, 11) is 0. The number of urea groups is 1. The summed E-state index contributed by atoms with van der Waals surface area (Å²) in [4.78, 5) is 24.3. The number of likely N-dealkylation sites (tertiary alicyclic amines) is 1. The Hall–Kier alpha value is -1.56. The molecule has 1 saturated heterocycles. The molecule has 0 saturated carbocycles.